The quantitative estimate of drug-likeness (QED) is 0.643. The fraction of sp³-hybridized carbons (Fsp3) is 0.385. The van der Waals surface area contributed by atoms with Crippen LogP contribution in [-0.4, -0.2) is 55.5 Å². The fourth-order valence-electron chi connectivity index (χ4n) is 2.00. The van der Waals surface area contributed by atoms with Crippen molar-refractivity contribution in [3.05, 3.63) is 36.7 Å². The third-order valence-electron chi connectivity index (χ3n) is 2.78. The van der Waals surface area contributed by atoms with Gasteiger partial charge in [0, 0.05) is 27.2 Å². The number of carbonyl (C=O) groups excluding carboxylic acids is 2. The number of nitrogens with zero attached hydrogens (tertiary/aromatic N) is 2. The van der Waals surface area contributed by atoms with Gasteiger partial charge in [0.1, 0.15) is 11.4 Å². The average Bonchev–Trinajstić information content (AvgIpc) is 2.76. The van der Waals surface area contributed by atoms with E-state index in [4.69, 9.17) is 0 Å². The van der Waals surface area contributed by atoms with E-state index in [0.717, 1.165) is 0 Å². The van der Waals surface area contributed by atoms with Gasteiger partial charge < -0.3 is 20.4 Å². The molecule has 104 valence electrons. The van der Waals surface area contributed by atoms with E-state index >= 15 is 0 Å². The maximum Gasteiger partial charge on any atom is 0.269 e. The molecule has 6 nitrogen and oxygen atoms in total. The van der Waals surface area contributed by atoms with E-state index in [0.29, 0.717) is 31.2 Å². The van der Waals surface area contributed by atoms with Gasteiger partial charge in [0.2, 0.25) is 0 Å². The highest BCUT2D eigenvalue weighted by molar-refractivity contribution is 6.04. The largest absolute Gasteiger partial charge is 0.354 e. The topological polar surface area (TPSA) is 64.7 Å². The minimum Gasteiger partial charge on any atom is -0.354 e. The van der Waals surface area contributed by atoms with Crippen LogP contribution in [0.4, 0.5) is 0 Å². The van der Waals surface area contributed by atoms with E-state index in [9.17, 15) is 9.59 Å². The van der Waals surface area contributed by atoms with E-state index in [-0.39, 0.29) is 11.8 Å². The molecule has 1 heterocycles. The van der Waals surface area contributed by atoms with Crippen molar-refractivity contribution in [2.24, 2.45) is 0 Å². The van der Waals surface area contributed by atoms with E-state index in [1.165, 1.54) is 0 Å². The van der Waals surface area contributed by atoms with Crippen LogP contribution in [0, 0.1) is 0 Å². The van der Waals surface area contributed by atoms with Crippen LogP contribution in [0.3, 0.4) is 0 Å². The van der Waals surface area contributed by atoms with E-state index in [1.54, 1.807) is 36.0 Å². The summed E-state index contributed by atoms with van der Waals surface area (Å²) < 4.78 is 0. The monoisotopic (exact) mass is 264 g/mol. The molecule has 0 saturated carbocycles. The number of hydrogen-bond acceptors (Lipinski definition) is 4. The highest BCUT2D eigenvalue weighted by Gasteiger charge is 2.35. The number of rotatable bonds is 6. The lowest BCUT2D eigenvalue weighted by molar-refractivity contribution is -0.120. The molecular formula is C13H20N4O2. The first-order valence-electron chi connectivity index (χ1n) is 6.00. The number of amides is 2. The highest BCUT2D eigenvalue weighted by Crippen LogP contribution is 2.24. The molecule has 2 N–H and O–H groups in total. The predicted molar refractivity (Wildman–Crippen MR) is 73.8 cm³/mol. The summed E-state index contributed by atoms with van der Waals surface area (Å²) in [6.45, 7) is 8.79. The summed E-state index contributed by atoms with van der Waals surface area (Å²) in [6, 6.07) is 0. The zero-order valence-electron chi connectivity index (χ0n) is 11.4. The van der Waals surface area contributed by atoms with Gasteiger partial charge in [-0.25, -0.2) is 0 Å². The van der Waals surface area contributed by atoms with Crippen LogP contribution >= 0.6 is 0 Å². The zero-order chi connectivity index (χ0) is 14.4. The van der Waals surface area contributed by atoms with Gasteiger partial charge in [-0.3, -0.25) is 9.59 Å². The van der Waals surface area contributed by atoms with Crippen molar-refractivity contribution in [2.45, 2.75) is 0 Å². The molecule has 0 aromatic heterocycles. The van der Waals surface area contributed by atoms with Gasteiger partial charge in [0.25, 0.3) is 11.8 Å². The van der Waals surface area contributed by atoms with Gasteiger partial charge in [-0.2, -0.15) is 0 Å². The summed E-state index contributed by atoms with van der Waals surface area (Å²) in [5.74, 6) is -0.570. The van der Waals surface area contributed by atoms with Crippen LogP contribution < -0.4 is 10.6 Å². The van der Waals surface area contributed by atoms with Crippen molar-refractivity contribution in [3.63, 3.8) is 0 Å². The molecule has 1 rings (SSSR count). The predicted octanol–water partition coefficient (Wildman–Crippen LogP) is -0.363. The second kappa shape index (κ2) is 6.63. The van der Waals surface area contributed by atoms with Gasteiger partial charge in [-0.05, 0) is 0 Å². The molecule has 0 bridgehead atoms. The molecule has 19 heavy (non-hydrogen) atoms. The van der Waals surface area contributed by atoms with Crippen LogP contribution in [0.1, 0.15) is 0 Å². The van der Waals surface area contributed by atoms with E-state index in [1.807, 2.05) is 0 Å². The summed E-state index contributed by atoms with van der Waals surface area (Å²) in [5, 5.41) is 5.12. The second-order valence-electron chi connectivity index (χ2n) is 4.02. The number of hydrogen-bond donors (Lipinski definition) is 2. The molecule has 1 aliphatic heterocycles. The first-order valence-corrected chi connectivity index (χ1v) is 6.00. The van der Waals surface area contributed by atoms with Crippen LogP contribution in [-0.2, 0) is 9.59 Å². The third kappa shape index (κ3) is 2.96. The molecule has 0 radical (unpaired) electrons. The highest BCUT2D eigenvalue weighted by atomic mass is 16.2. The van der Waals surface area contributed by atoms with Crippen LogP contribution in [0.5, 0.6) is 0 Å². The second-order valence-corrected chi connectivity index (χ2v) is 4.02. The average molecular weight is 264 g/mol. The first-order chi connectivity index (χ1) is 9.10. The Hall–Kier alpha value is -2.24. The number of likely N-dealkylation sites (N-methyl/N-ethyl adjacent to an activating group) is 2. The minimum atomic E-state index is -0.285. The Bertz CT molecular complexity index is 390. The normalized spacial score (nSPS) is 14.4. The Morgan fingerprint density at radius 1 is 1.05 bits per heavy atom. The zero-order valence-corrected chi connectivity index (χ0v) is 11.4. The third-order valence-corrected chi connectivity index (χ3v) is 2.78. The summed E-state index contributed by atoms with van der Waals surface area (Å²) >= 11 is 0. The molecule has 0 atom stereocenters. The smallest absolute Gasteiger partial charge is 0.269 e. The van der Waals surface area contributed by atoms with E-state index < -0.39 is 0 Å². The van der Waals surface area contributed by atoms with Crippen molar-refractivity contribution in [1.82, 2.24) is 20.4 Å². The Labute approximate surface area is 113 Å². The molecule has 0 aromatic rings. The Balaban J connectivity index is 3.25. The maximum atomic E-state index is 12.0. The minimum absolute atomic E-state index is 0.285. The molecular weight excluding hydrogens is 244 g/mol. The summed E-state index contributed by atoms with van der Waals surface area (Å²) in [4.78, 5) is 27.6. The molecule has 6 heteroatoms. The van der Waals surface area contributed by atoms with Gasteiger partial charge in [0.15, 0.2) is 0 Å². The lowest BCUT2D eigenvalue weighted by atomic mass is 10.2. The molecule has 0 spiro atoms. The van der Waals surface area contributed by atoms with E-state index in [2.05, 4.69) is 23.8 Å². The van der Waals surface area contributed by atoms with Crippen LogP contribution in [0.25, 0.3) is 0 Å². The van der Waals surface area contributed by atoms with Crippen molar-refractivity contribution in [1.29, 1.82) is 0 Å². The lowest BCUT2D eigenvalue weighted by Gasteiger charge is -2.21. The molecule has 1 aliphatic rings. The van der Waals surface area contributed by atoms with Gasteiger partial charge >= 0.3 is 0 Å². The SMILES string of the molecule is C=CCN1CN(CC=C)C(C(=O)NC)=C1C(=O)NC. The first kappa shape index (κ1) is 14.8. The molecule has 0 fully saturated rings. The summed E-state index contributed by atoms with van der Waals surface area (Å²) in [5.41, 5.74) is 0.729. The number of nitrogens with one attached hydrogen (secondary N) is 2. The van der Waals surface area contributed by atoms with Crippen molar-refractivity contribution >= 4 is 11.8 Å². The van der Waals surface area contributed by atoms with Crippen LogP contribution in [0.15, 0.2) is 36.7 Å². The molecule has 0 unspecified atom stereocenters. The summed E-state index contributed by atoms with van der Waals surface area (Å²) in [7, 11) is 3.08. The molecule has 2 amide bonds. The Morgan fingerprint density at radius 3 is 1.68 bits per heavy atom. The summed E-state index contributed by atoms with van der Waals surface area (Å²) in [6.07, 6.45) is 3.39. The fourth-order valence-corrected chi connectivity index (χ4v) is 2.00. The maximum absolute atomic E-state index is 12.0. The van der Waals surface area contributed by atoms with Crippen molar-refractivity contribution in [2.75, 3.05) is 33.9 Å². The van der Waals surface area contributed by atoms with Crippen LogP contribution in [0.2, 0.25) is 0 Å². The number of carbonyl (C=O) groups is 2. The van der Waals surface area contributed by atoms with Crippen molar-refractivity contribution < 1.29 is 9.59 Å². The Morgan fingerprint density at radius 2 is 1.42 bits per heavy atom. The van der Waals surface area contributed by atoms with Gasteiger partial charge in [0.05, 0.1) is 6.67 Å². The Kier molecular flexibility index (Phi) is 5.17. The van der Waals surface area contributed by atoms with Crippen molar-refractivity contribution in [3.8, 4) is 0 Å². The molecule has 0 aromatic carbocycles. The van der Waals surface area contributed by atoms with Gasteiger partial charge in [-0.1, -0.05) is 12.2 Å². The molecule has 0 aliphatic carbocycles. The standard InChI is InChI=1S/C13H20N4O2/c1-5-7-16-9-17(8-6-2)11(13(19)15-4)10(16)12(18)14-3/h5-6H,1-2,7-9H2,3-4H3,(H,14,18)(H,15,19). The lowest BCUT2D eigenvalue weighted by Crippen LogP contribution is -2.32. The molecule has 0 saturated heterocycles. The van der Waals surface area contributed by atoms with Gasteiger partial charge in [-0.15, -0.1) is 13.2 Å².